The molecule has 15 heavy (non-hydrogen) atoms. The van der Waals surface area contributed by atoms with Crippen molar-refractivity contribution >= 4 is 16.4 Å². The van der Waals surface area contributed by atoms with Gasteiger partial charge in [0.2, 0.25) is 0 Å². The molecule has 0 spiro atoms. The van der Waals surface area contributed by atoms with E-state index in [-0.39, 0.29) is 0 Å². The van der Waals surface area contributed by atoms with E-state index in [1.807, 2.05) is 13.1 Å². The number of rotatable bonds is 8. The van der Waals surface area contributed by atoms with Crippen LogP contribution in [0.25, 0.3) is 0 Å². The van der Waals surface area contributed by atoms with Crippen LogP contribution in [0.5, 0.6) is 0 Å². The van der Waals surface area contributed by atoms with Crippen molar-refractivity contribution in [1.82, 2.24) is 0 Å². The molecule has 0 aromatic rings. The van der Waals surface area contributed by atoms with Crippen molar-refractivity contribution in [2.24, 2.45) is 0 Å². The molecular formula is C12H30OSi2. The average Bonchev–Trinajstić information content (AvgIpc) is 1.98. The van der Waals surface area contributed by atoms with Crippen LogP contribution >= 0.6 is 0 Å². The largest absolute Gasteiger partial charge is 0.432 e. The van der Waals surface area contributed by atoms with E-state index in [1.165, 1.54) is 38.1 Å². The molecule has 0 aromatic carbocycles. The molecule has 0 bridgehead atoms. The molecule has 0 unspecified atom stereocenters. The Kier molecular flexibility index (Phi) is 7.05. The quantitative estimate of drug-likeness (QED) is 0.495. The minimum absolute atomic E-state index is 0.789. The van der Waals surface area contributed by atoms with Gasteiger partial charge >= 0.3 is 0 Å². The van der Waals surface area contributed by atoms with E-state index >= 15 is 0 Å². The summed E-state index contributed by atoms with van der Waals surface area (Å²) in [4.78, 5) is 9.67. The maximum absolute atomic E-state index is 9.67. The van der Waals surface area contributed by atoms with Gasteiger partial charge in [-0.1, -0.05) is 57.8 Å². The lowest BCUT2D eigenvalue weighted by Crippen LogP contribution is -2.23. The smallest absolute Gasteiger partial charge is 0.182 e. The number of hydrogen-bond acceptors (Lipinski definition) is 1. The number of unbranched alkanes of at least 4 members (excludes halogenated alkanes) is 4. The van der Waals surface area contributed by atoms with Crippen molar-refractivity contribution in [1.29, 1.82) is 0 Å². The van der Waals surface area contributed by atoms with E-state index in [9.17, 15) is 4.80 Å². The summed E-state index contributed by atoms with van der Waals surface area (Å²) in [7, 11) is -2.54. The van der Waals surface area contributed by atoms with Crippen molar-refractivity contribution < 1.29 is 4.80 Å². The van der Waals surface area contributed by atoms with Crippen LogP contribution < -0.4 is 0 Å². The van der Waals surface area contributed by atoms with Gasteiger partial charge in [0.1, 0.15) is 0 Å². The third-order valence-electron chi connectivity index (χ3n) is 2.72. The molecule has 1 N–H and O–H groups in total. The topological polar surface area (TPSA) is 20.2 Å². The molecule has 0 heterocycles. The second-order valence-corrected chi connectivity index (χ2v) is 16.4. The highest BCUT2D eigenvalue weighted by atomic mass is 28.4. The van der Waals surface area contributed by atoms with Gasteiger partial charge in [0.15, 0.2) is 8.32 Å². The van der Waals surface area contributed by atoms with Gasteiger partial charge in [-0.25, -0.2) is 0 Å². The van der Waals surface area contributed by atoms with Crippen LogP contribution in [-0.2, 0) is 0 Å². The lowest BCUT2D eigenvalue weighted by Gasteiger charge is -2.15. The monoisotopic (exact) mass is 246 g/mol. The Morgan fingerprint density at radius 1 is 0.667 bits per heavy atom. The SMILES string of the molecule is C[Si](C)(C)CCCCCCC[Si](C)(C)O. The summed E-state index contributed by atoms with van der Waals surface area (Å²) in [6.07, 6.45) is 6.76. The molecular weight excluding hydrogens is 216 g/mol. The van der Waals surface area contributed by atoms with E-state index in [0.717, 1.165) is 6.04 Å². The highest BCUT2D eigenvalue weighted by molar-refractivity contribution is 6.76. The fraction of sp³-hybridized carbons (Fsp3) is 1.00. The van der Waals surface area contributed by atoms with Gasteiger partial charge in [-0.2, -0.15) is 0 Å². The fourth-order valence-electron chi connectivity index (χ4n) is 1.74. The first kappa shape index (κ1) is 15.4. The van der Waals surface area contributed by atoms with Gasteiger partial charge in [0.05, 0.1) is 0 Å². The minimum Gasteiger partial charge on any atom is -0.432 e. The molecule has 0 aliphatic heterocycles. The third kappa shape index (κ3) is 14.4. The first-order valence-corrected chi connectivity index (χ1v) is 13.3. The Morgan fingerprint density at radius 2 is 1.07 bits per heavy atom. The van der Waals surface area contributed by atoms with E-state index in [2.05, 4.69) is 19.6 Å². The Labute approximate surface area is 98.4 Å². The predicted octanol–water partition coefficient (Wildman–Crippen LogP) is 4.47. The molecule has 0 rings (SSSR count). The van der Waals surface area contributed by atoms with E-state index in [1.54, 1.807) is 0 Å². The van der Waals surface area contributed by atoms with E-state index in [0.29, 0.717) is 0 Å². The standard InChI is InChI=1S/C12H30OSi2/c1-14(2,3)11-9-7-6-8-10-12-15(4,5)13/h13H,6-12H2,1-5H3. The molecule has 0 saturated heterocycles. The first-order chi connectivity index (χ1) is 6.71. The predicted molar refractivity (Wildman–Crippen MR) is 75.7 cm³/mol. The third-order valence-corrected chi connectivity index (χ3v) is 6.15. The summed E-state index contributed by atoms with van der Waals surface area (Å²) in [6, 6.07) is 2.56. The van der Waals surface area contributed by atoms with Gasteiger partial charge in [-0.05, 0) is 19.1 Å². The molecule has 0 saturated carbocycles. The zero-order valence-corrected chi connectivity index (χ0v) is 13.4. The second-order valence-electron chi connectivity index (χ2n) is 6.64. The van der Waals surface area contributed by atoms with Crippen LogP contribution in [0.3, 0.4) is 0 Å². The molecule has 0 aliphatic rings. The molecule has 0 atom stereocenters. The zero-order valence-electron chi connectivity index (χ0n) is 11.4. The van der Waals surface area contributed by atoms with Gasteiger partial charge in [-0.3, -0.25) is 0 Å². The lowest BCUT2D eigenvalue weighted by molar-refractivity contribution is 0.537. The summed E-state index contributed by atoms with van der Waals surface area (Å²) < 4.78 is 0. The zero-order chi connectivity index (χ0) is 11.9. The summed E-state index contributed by atoms with van der Waals surface area (Å²) in [5, 5.41) is 0. The molecule has 3 heteroatoms. The Morgan fingerprint density at radius 3 is 1.47 bits per heavy atom. The summed E-state index contributed by atoms with van der Waals surface area (Å²) in [6.45, 7) is 11.4. The lowest BCUT2D eigenvalue weighted by atomic mass is 10.2. The van der Waals surface area contributed by atoms with Crippen LogP contribution in [0, 0.1) is 0 Å². The van der Waals surface area contributed by atoms with Crippen molar-refractivity contribution in [3.63, 3.8) is 0 Å². The first-order valence-electron chi connectivity index (χ1n) is 6.43. The highest BCUT2D eigenvalue weighted by Crippen LogP contribution is 2.17. The van der Waals surface area contributed by atoms with Crippen molar-refractivity contribution in [2.45, 2.75) is 76.9 Å². The maximum Gasteiger partial charge on any atom is 0.182 e. The van der Waals surface area contributed by atoms with Crippen LogP contribution in [-0.4, -0.2) is 21.2 Å². The summed E-state index contributed by atoms with van der Waals surface area (Å²) in [5.41, 5.74) is 0. The van der Waals surface area contributed by atoms with E-state index < -0.39 is 16.4 Å². The Balaban J connectivity index is 3.20. The minimum atomic E-state index is -1.75. The van der Waals surface area contributed by atoms with Crippen LogP contribution in [0.2, 0.25) is 44.8 Å². The number of hydrogen-bond donors (Lipinski definition) is 1. The second kappa shape index (κ2) is 6.87. The van der Waals surface area contributed by atoms with Gasteiger partial charge in [0.25, 0.3) is 0 Å². The summed E-state index contributed by atoms with van der Waals surface area (Å²) >= 11 is 0. The molecule has 92 valence electrons. The van der Waals surface area contributed by atoms with Crippen LogP contribution in [0.15, 0.2) is 0 Å². The van der Waals surface area contributed by atoms with Crippen LogP contribution in [0.4, 0.5) is 0 Å². The molecule has 0 fully saturated rings. The fourth-order valence-corrected chi connectivity index (χ4v) is 4.17. The van der Waals surface area contributed by atoms with Crippen molar-refractivity contribution in [3.05, 3.63) is 0 Å². The van der Waals surface area contributed by atoms with Gasteiger partial charge < -0.3 is 4.80 Å². The molecule has 0 aromatic heterocycles. The molecule has 0 aliphatic carbocycles. The molecule has 0 amide bonds. The van der Waals surface area contributed by atoms with Crippen LogP contribution in [0.1, 0.15) is 32.1 Å². The van der Waals surface area contributed by atoms with Crippen molar-refractivity contribution in [2.75, 3.05) is 0 Å². The Hall–Kier alpha value is 0.394. The van der Waals surface area contributed by atoms with Gasteiger partial charge in [0, 0.05) is 8.07 Å². The normalized spacial score (nSPS) is 13.2. The van der Waals surface area contributed by atoms with Crippen molar-refractivity contribution in [3.8, 4) is 0 Å². The molecule has 0 radical (unpaired) electrons. The molecule has 1 nitrogen and oxygen atoms in total. The van der Waals surface area contributed by atoms with E-state index in [4.69, 9.17) is 0 Å². The Bertz CT molecular complexity index is 138. The average molecular weight is 247 g/mol. The highest BCUT2D eigenvalue weighted by Gasteiger charge is 2.15. The summed E-state index contributed by atoms with van der Waals surface area (Å²) in [5.74, 6) is 0. The maximum atomic E-state index is 9.67. The van der Waals surface area contributed by atoms with Gasteiger partial charge in [-0.15, -0.1) is 0 Å².